The molecule has 0 aliphatic carbocycles. The largest absolute Gasteiger partial charge is 0.416 e. The van der Waals surface area contributed by atoms with Crippen molar-refractivity contribution in [2.24, 2.45) is 4.99 Å². The average Bonchev–Trinajstić information content (AvgIpc) is 3.18. The second kappa shape index (κ2) is 8.68. The van der Waals surface area contributed by atoms with E-state index in [1.165, 1.54) is 23.9 Å². The fraction of sp³-hybridized carbons (Fsp3) is 0.364. The van der Waals surface area contributed by atoms with Gasteiger partial charge in [-0.2, -0.15) is 13.2 Å². The number of alkyl halides is 3. The number of aliphatic imine (C=N–C) groups is 1. The van der Waals surface area contributed by atoms with E-state index in [2.05, 4.69) is 10.3 Å². The lowest BCUT2D eigenvalue weighted by molar-refractivity contribution is -0.137. The molecule has 4 rings (SSSR count). The third-order valence-electron chi connectivity index (χ3n) is 5.33. The standard InChI is InChI=1S/C22H22F3N3O3S2/c1-13-6-14(2)8-17(7-13)28(21-27-18-11-33(30,31)12-19(18)32-21)10-20(29)26-16-5-3-4-15(9-16)22(23,24)25/h3-9,18-19H,10-12H2,1-2H3,(H,26,29)/t18-,19-/m0/s1. The van der Waals surface area contributed by atoms with E-state index in [9.17, 15) is 26.4 Å². The van der Waals surface area contributed by atoms with Gasteiger partial charge in [0.05, 0.1) is 23.1 Å². The van der Waals surface area contributed by atoms with Crippen molar-refractivity contribution in [3.8, 4) is 0 Å². The van der Waals surface area contributed by atoms with E-state index >= 15 is 0 Å². The van der Waals surface area contributed by atoms with Gasteiger partial charge in [0, 0.05) is 16.6 Å². The van der Waals surface area contributed by atoms with Crippen molar-refractivity contribution >= 4 is 44.0 Å². The van der Waals surface area contributed by atoms with Crippen LogP contribution in [-0.4, -0.2) is 48.8 Å². The molecule has 2 aliphatic rings. The quantitative estimate of drug-likeness (QED) is 0.690. The van der Waals surface area contributed by atoms with Gasteiger partial charge in [-0.15, -0.1) is 0 Å². The maximum absolute atomic E-state index is 13.0. The topological polar surface area (TPSA) is 78.8 Å². The molecule has 6 nitrogen and oxygen atoms in total. The van der Waals surface area contributed by atoms with E-state index in [1.54, 1.807) is 4.90 Å². The molecule has 2 aromatic rings. The number of amides is 1. The highest BCUT2D eigenvalue weighted by molar-refractivity contribution is 8.15. The molecule has 0 spiro atoms. The number of carbonyl (C=O) groups is 1. The number of carbonyl (C=O) groups excluding carboxylic acids is 1. The molecule has 1 fully saturated rings. The first-order valence-electron chi connectivity index (χ1n) is 10.2. The Hall–Kier alpha value is -2.53. The van der Waals surface area contributed by atoms with Crippen molar-refractivity contribution in [3.63, 3.8) is 0 Å². The molecule has 0 radical (unpaired) electrons. The van der Waals surface area contributed by atoms with Gasteiger partial charge in [0.25, 0.3) is 0 Å². The van der Waals surface area contributed by atoms with Crippen LogP contribution in [0.5, 0.6) is 0 Å². The normalized spacial score (nSPS) is 21.4. The van der Waals surface area contributed by atoms with Gasteiger partial charge in [-0.1, -0.05) is 23.9 Å². The molecule has 2 heterocycles. The molecule has 2 aliphatic heterocycles. The Labute approximate surface area is 194 Å². The van der Waals surface area contributed by atoms with E-state index in [0.29, 0.717) is 10.9 Å². The monoisotopic (exact) mass is 497 g/mol. The molecule has 0 aromatic heterocycles. The van der Waals surface area contributed by atoms with E-state index in [0.717, 1.165) is 23.3 Å². The molecule has 2 atom stereocenters. The molecule has 0 saturated carbocycles. The minimum Gasteiger partial charge on any atom is -0.325 e. The molecular weight excluding hydrogens is 475 g/mol. The molecule has 1 N–H and O–H groups in total. The van der Waals surface area contributed by atoms with E-state index in [-0.39, 0.29) is 35.0 Å². The van der Waals surface area contributed by atoms with Gasteiger partial charge < -0.3 is 10.2 Å². The first-order valence-corrected chi connectivity index (χ1v) is 12.9. The summed E-state index contributed by atoms with van der Waals surface area (Å²) in [5.74, 6) is -0.501. The number of nitrogens with zero attached hydrogens (tertiary/aromatic N) is 2. The van der Waals surface area contributed by atoms with Crippen molar-refractivity contribution in [2.75, 3.05) is 28.3 Å². The fourth-order valence-electron chi connectivity index (χ4n) is 3.96. The third kappa shape index (κ3) is 5.52. The van der Waals surface area contributed by atoms with Crippen LogP contribution in [0.1, 0.15) is 16.7 Å². The van der Waals surface area contributed by atoms with E-state index in [1.807, 2.05) is 32.0 Å². The van der Waals surface area contributed by atoms with Crippen LogP contribution in [0.3, 0.4) is 0 Å². The second-order valence-electron chi connectivity index (χ2n) is 8.27. The van der Waals surface area contributed by atoms with Crippen molar-refractivity contribution in [1.29, 1.82) is 0 Å². The van der Waals surface area contributed by atoms with Gasteiger partial charge in [0.1, 0.15) is 6.54 Å². The Morgan fingerprint density at radius 2 is 1.85 bits per heavy atom. The van der Waals surface area contributed by atoms with Crippen LogP contribution in [0.15, 0.2) is 47.5 Å². The van der Waals surface area contributed by atoms with Crippen molar-refractivity contribution in [1.82, 2.24) is 0 Å². The number of aryl methyl sites for hydroxylation is 2. The smallest absolute Gasteiger partial charge is 0.325 e. The first-order chi connectivity index (χ1) is 15.4. The molecule has 0 bridgehead atoms. The number of nitrogens with one attached hydrogen (secondary N) is 1. The molecule has 2 aromatic carbocycles. The molecule has 0 unspecified atom stereocenters. The maximum atomic E-state index is 13.0. The number of anilines is 2. The van der Waals surface area contributed by atoms with Crippen LogP contribution >= 0.6 is 11.8 Å². The molecule has 11 heteroatoms. The Bertz CT molecular complexity index is 1210. The number of halogens is 3. The highest BCUT2D eigenvalue weighted by Gasteiger charge is 2.44. The molecule has 1 amide bonds. The minimum absolute atomic E-state index is 0.0225. The summed E-state index contributed by atoms with van der Waals surface area (Å²) in [6.07, 6.45) is -4.51. The number of sulfone groups is 1. The number of benzene rings is 2. The van der Waals surface area contributed by atoms with Gasteiger partial charge in [-0.25, -0.2) is 8.42 Å². The number of amidine groups is 1. The Morgan fingerprint density at radius 3 is 2.48 bits per heavy atom. The highest BCUT2D eigenvalue weighted by Crippen LogP contribution is 2.37. The lowest BCUT2D eigenvalue weighted by atomic mass is 10.1. The zero-order chi connectivity index (χ0) is 24.0. The average molecular weight is 498 g/mol. The van der Waals surface area contributed by atoms with Gasteiger partial charge in [-0.3, -0.25) is 9.79 Å². The summed E-state index contributed by atoms with van der Waals surface area (Å²) >= 11 is 1.32. The Morgan fingerprint density at radius 1 is 1.15 bits per heavy atom. The zero-order valence-electron chi connectivity index (χ0n) is 17.9. The highest BCUT2D eigenvalue weighted by atomic mass is 32.2. The summed E-state index contributed by atoms with van der Waals surface area (Å²) in [5.41, 5.74) is 1.84. The second-order valence-corrected chi connectivity index (χ2v) is 11.6. The minimum atomic E-state index is -4.51. The van der Waals surface area contributed by atoms with Gasteiger partial charge in [-0.05, 0) is 55.3 Å². The summed E-state index contributed by atoms with van der Waals surface area (Å²) < 4.78 is 62.8. The predicted molar refractivity (Wildman–Crippen MR) is 125 cm³/mol. The molecular formula is C22H22F3N3O3S2. The summed E-state index contributed by atoms with van der Waals surface area (Å²) in [4.78, 5) is 19.1. The van der Waals surface area contributed by atoms with Crippen molar-refractivity contribution in [3.05, 3.63) is 59.2 Å². The fourth-order valence-corrected chi connectivity index (χ4v) is 7.74. The van der Waals surface area contributed by atoms with Crippen LogP contribution in [0.25, 0.3) is 0 Å². The predicted octanol–water partition coefficient (Wildman–Crippen LogP) is 4.04. The summed E-state index contributed by atoms with van der Waals surface area (Å²) in [7, 11) is -3.13. The number of thioether (sulfide) groups is 1. The Balaban J connectivity index is 1.59. The van der Waals surface area contributed by atoms with E-state index < -0.39 is 27.5 Å². The maximum Gasteiger partial charge on any atom is 0.416 e. The number of hydrogen-bond acceptors (Lipinski definition) is 6. The van der Waals surface area contributed by atoms with Crippen molar-refractivity contribution < 1.29 is 26.4 Å². The summed E-state index contributed by atoms with van der Waals surface area (Å²) in [5, 5.41) is 2.86. The number of hydrogen-bond donors (Lipinski definition) is 1. The van der Waals surface area contributed by atoms with Gasteiger partial charge >= 0.3 is 6.18 Å². The summed E-state index contributed by atoms with van der Waals surface area (Å²) in [6.45, 7) is 3.65. The van der Waals surface area contributed by atoms with Gasteiger partial charge in [0.15, 0.2) is 15.0 Å². The lowest BCUT2D eigenvalue weighted by Gasteiger charge is -2.25. The SMILES string of the molecule is Cc1cc(C)cc(N(CC(=O)Nc2cccc(C(F)(F)F)c2)C2=N[C@H]3CS(=O)(=O)C[C@@H]3S2)c1. The van der Waals surface area contributed by atoms with Crippen molar-refractivity contribution in [2.45, 2.75) is 31.3 Å². The number of rotatable bonds is 4. The Kier molecular flexibility index (Phi) is 6.21. The van der Waals surface area contributed by atoms with Crippen LogP contribution in [-0.2, 0) is 20.8 Å². The molecule has 1 saturated heterocycles. The first kappa shape index (κ1) is 23.6. The van der Waals surface area contributed by atoms with E-state index in [4.69, 9.17) is 0 Å². The van der Waals surface area contributed by atoms with Crippen LogP contribution in [0.2, 0.25) is 0 Å². The van der Waals surface area contributed by atoms with Crippen LogP contribution in [0.4, 0.5) is 24.5 Å². The van der Waals surface area contributed by atoms with Crippen LogP contribution < -0.4 is 10.2 Å². The zero-order valence-corrected chi connectivity index (χ0v) is 19.5. The number of fused-ring (bicyclic) bond motifs is 1. The summed E-state index contributed by atoms with van der Waals surface area (Å²) in [6, 6.07) is 9.84. The third-order valence-corrected chi connectivity index (χ3v) is 8.58. The lowest BCUT2D eigenvalue weighted by Crippen LogP contribution is -2.36. The van der Waals surface area contributed by atoms with Gasteiger partial charge in [0.2, 0.25) is 5.91 Å². The van der Waals surface area contributed by atoms with Crippen LogP contribution in [0, 0.1) is 13.8 Å². The molecule has 176 valence electrons. The molecule has 33 heavy (non-hydrogen) atoms.